The van der Waals surface area contributed by atoms with E-state index in [1.54, 1.807) is 16.8 Å². The van der Waals surface area contributed by atoms with Gasteiger partial charge in [-0.1, -0.05) is 17.4 Å². The highest BCUT2D eigenvalue weighted by Gasteiger charge is 2.18. The summed E-state index contributed by atoms with van der Waals surface area (Å²) < 4.78 is 16.0. The molecule has 3 heterocycles. The van der Waals surface area contributed by atoms with Gasteiger partial charge in [0.2, 0.25) is 0 Å². The van der Waals surface area contributed by atoms with Crippen molar-refractivity contribution < 1.29 is 14.3 Å². The highest BCUT2D eigenvalue weighted by molar-refractivity contribution is 7.16. The van der Waals surface area contributed by atoms with Gasteiger partial charge in [0, 0.05) is 24.7 Å². The quantitative estimate of drug-likeness (QED) is 0.631. The lowest BCUT2D eigenvalue weighted by atomic mass is 10.2. The van der Waals surface area contributed by atoms with E-state index >= 15 is 0 Å². The van der Waals surface area contributed by atoms with Gasteiger partial charge in [-0.15, -0.1) is 6.58 Å². The molecule has 146 valence electrons. The smallest absolute Gasteiger partial charge is 0.297 e. The summed E-state index contributed by atoms with van der Waals surface area (Å²) in [5.41, 5.74) is 2.22. The Hall–Kier alpha value is -2.87. The van der Waals surface area contributed by atoms with Crippen molar-refractivity contribution in [2.45, 2.75) is 33.4 Å². The molecular weight excluding hydrogens is 376 g/mol. The van der Waals surface area contributed by atoms with Gasteiger partial charge in [-0.05, 0) is 26.8 Å². The van der Waals surface area contributed by atoms with E-state index < -0.39 is 0 Å². The van der Waals surface area contributed by atoms with Gasteiger partial charge in [0.25, 0.3) is 5.91 Å². The maximum absolute atomic E-state index is 12.9. The molecule has 0 saturated heterocycles. The number of hydrogen-bond donors (Lipinski definition) is 0. The summed E-state index contributed by atoms with van der Waals surface area (Å²) in [7, 11) is 0. The minimum absolute atomic E-state index is 0.0755. The monoisotopic (exact) mass is 398 g/mol. The Bertz CT molecular complexity index is 1140. The lowest BCUT2D eigenvalue weighted by Crippen LogP contribution is -2.19. The number of benzene rings is 1. The number of amides is 1. The standard InChI is InChI=1S/C20H22N4O3S/c1-5-6-23-14-10-16-17(27-8-7-26-16)11-18(14)28-20(23)21-19(25)15-9-13(4)22-24(15)12(2)3/h5,9-12H,1,6-8H2,2-4H3. The normalized spacial score (nSPS) is 14.1. The molecule has 8 heteroatoms. The second kappa shape index (κ2) is 7.27. The Balaban J connectivity index is 1.86. The molecule has 2 aromatic heterocycles. The molecule has 3 aromatic rings. The van der Waals surface area contributed by atoms with Gasteiger partial charge in [0.05, 0.1) is 15.9 Å². The van der Waals surface area contributed by atoms with Crippen molar-refractivity contribution in [1.29, 1.82) is 0 Å². The van der Waals surface area contributed by atoms with Crippen molar-refractivity contribution in [2.75, 3.05) is 13.2 Å². The van der Waals surface area contributed by atoms with Gasteiger partial charge < -0.3 is 14.0 Å². The van der Waals surface area contributed by atoms with Gasteiger partial charge in [-0.2, -0.15) is 10.1 Å². The first-order chi connectivity index (χ1) is 13.5. The van der Waals surface area contributed by atoms with E-state index in [2.05, 4.69) is 16.7 Å². The number of aryl methyl sites for hydroxylation is 1. The van der Waals surface area contributed by atoms with Gasteiger partial charge in [-0.25, -0.2) is 0 Å². The number of fused-ring (bicyclic) bond motifs is 2. The van der Waals surface area contributed by atoms with Crippen molar-refractivity contribution in [3.8, 4) is 11.5 Å². The SMILES string of the molecule is C=CCn1c(=NC(=O)c2cc(C)nn2C(C)C)sc2cc3c(cc21)OCCO3. The maximum Gasteiger partial charge on any atom is 0.297 e. The molecule has 1 aromatic carbocycles. The Morgan fingerprint density at radius 2 is 2.04 bits per heavy atom. The summed E-state index contributed by atoms with van der Waals surface area (Å²) in [6.07, 6.45) is 1.79. The van der Waals surface area contributed by atoms with Crippen LogP contribution in [-0.4, -0.2) is 33.5 Å². The highest BCUT2D eigenvalue weighted by atomic mass is 32.1. The molecule has 0 unspecified atom stereocenters. The first-order valence-corrected chi connectivity index (χ1v) is 9.98. The summed E-state index contributed by atoms with van der Waals surface area (Å²) in [6, 6.07) is 5.74. The molecule has 0 aliphatic carbocycles. The minimum atomic E-state index is -0.309. The highest BCUT2D eigenvalue weighted by Crippen LogP contribution is 2.35. The van der Waals surface area contributed by atoms with E-state index in [0.717, 1.165) is 21.7 Å². The van der Waals surface area contributed by atoms with Crippen LogP contribution in [0.25, 0.3) is 10.2 Å². The fourth-order valence-corrected chi connectivity index (χ4v) is 4.26. The van der Waals surface area contributed by atoms with Crippen LogP contribution in [0.3, 0.4) is 0 Å². The van der Waals surface area contributed by atoms with Crippen molar-refractivity contribution in [2.24, 2.45) is 4.99 Å². The molecule has 0 spiro atoms. The summed E-state index contributed by atoms with van der Waals surface area (Å²) in [6.45, 7) is 11.3. The van der Waals surface area contributed by atoms with Gasteiger partial charge in [0.15, 0.2) is 16.3 Å². The summed E-state index contributed by atoms with van der Waals surface area (Å²) in [5.74, 6) is 1.12. The number of ether oxygens (including phenoxy) is 2. The van der Waals surface area contributed by atoms with Crippen LogP contribution < -0.4 is 14.3 Å². The van der Waals surface area contributed by atoms with E-state index in [-0.39, 0.29) is 11.9 Å². The number of nitrogens with zero attached hydrogens (tertiary/aromatic N) is 4. The third kappa shape index (κ3) is 3.24. The number of carbonyl (C=O) groups excluding carboxylic acids is 1. The molecule has 0 saturated carbocycles. The predicted molar refractivity (Wildman–Crippen MR) is 108 cm³/mol. The van der Waals surface area contributed by atoms with E-state index in [4.69, 9.17) is 9.47 Å². The van der Waals surface area contributed by atoms with Gasteiger partial charge in [0.1, 0.15) is 18.9 Å². The largest absolute Gasteiger partial charge is 0.486 e. The molecule has 0 N–H and O–H groups in total. The lowest BCUT2D eigenvalue weighted by molar-refractivity contribution is 0.0986. The molecule has 1 amide bonds. The van der Waals surface area contributed by atoms with Crippen LogP contribution in [-0.2, 0) is 6.54 Å². The zero-order valence-electron chi connectivity index (χ0n) is 16.1. The molecule has 7 nitrogen and oxygen atoms in total. The third-order valence-corrected chi connectivity index (χ3v) is 5.46. The topological polar surface area (TPSA) is 70.6 Å². The predicted octanol–water partition coefficient (Wildman–Crippen LogP) is 3.49. The van der Waals surface area contributed by atoms with Crippen molar-refractivity contribution in [3.63, 3.8) is 0 Å². The number of hydrogen-bond acceptors (Lipinski definition) is 5. The minimum Gasteiger partial charge on any atom is -0.486 e. The van der Waals surface area contributed by atoms with Crippen LogP contribution in [0.1, 0.15) is 36.1 Å². The average molecular weight is 398 g/mol. The third-order valence-electron chi connectivity index (χ3n) is 4.42. The van der Waals surface area contributed by atoms with E-state index in [1.807, 2.05) is 37.5 Å². The Morgan fingerprint density at radius 1 is 1.32 bits per heavy atom. The second-order valence-corrected chi connectivity index (χ2v) is 7.88. The molecule has 0 fully saturated rings. The summed E-state index contributed by atoms with van der Waals surface area (Å²) >= 11 is 1.44. The number of rotatable bonds is 4. The molecule has 1 aliphatic rings. The number of thiazole rings is 1. The lowest BCUT2D eigenvalue weighted by Gasteiger charge is -2.18. The zero-order chi connectivity index (χ0) is 19.8. The molecule has 0 bridgehead atoms. The fourth-order valence-electron chi connectivity index (χ4n) is 3.21. The van der Waals surface area contributed by atoms with Crippen LogP contribution in [0.15, 0.2) is 35.8 Å². The average Bonchev–Trinajstić information content (AvgIpc) is 3.21. The van der Waals surface area contributed by atoms with Crippen LogP contribution in [0.5, 0.6) is 11.5 Å². The molecular formula is C20H22N4O3S. The van der Waals surface area contributed by atoms with Crippen molar-refractivity contribution >= 4 is 27.5 Å². The van der Waals surface area contributed by atoms with Gasteiger partial charge in [-0.3, -0.25) is 9.48 Å². The molecule has 1 aliphatic heterocycles. The fraction of sp³-hybridized carbons (Fsp3) is 0.350. The van der Waals surface area contributed by atoms with E-state index in [9.17, 15) is 4.79 Å². The van der Waals surface area contributed by atoms with Crippen LogP contribution in [0, 0.1) is 6.92 Å². The number of allylic oxidation sites excluding steroid dienone is 1. The Kier molecular flexibility index (Phi) is 4.80. The zero-order valence-corrected chi connectivity index (χ0v) is 17.0. The van der Waals surface area contributed by atoms with Crippen LogP contribution >= 0.6 is 11.3 Å². The Labute approximate surface area is 166 Å². The molecule has 0 atom stereocenters. The van der Waals surface area contributed by atoms with Crippen LogP contribution in [0.2, 0.25) is 0 Å². The summed E-state index contributed by atoms with van der Waals surface area (Å²) in [4.78, 5) is 18.0. The van der Waals surface area contributed by atoms with E-state index in [0.29, 0.717) is 36.0 Å². The summed E-state index contributed by atoms with van der Waals surface area (Å²) in [5, 5.41) is 4.41. The second-order valence-electron chi connectivity index (χ2n) is 6.87. The van der Waals surface area contributed by atoms with Crippen molar-refractivity contribution in [3.05, 3.63) is 47.0 Å². The molecule has 4 rings (SSSR count). The first kappa shape index (κ1) is 18.5. The van der Waals surface area contributed by atoms with Gasteiger partial charge >= 0.3 is 0 Å². The van der Waals surface area contributed by atoms with E-state index in [1.165, 1.54) is 11.3 Å². The molecule has 28 heavy (non-hydrogen) atoms. The maximum atomic E-state index is 12.9. The molecule has 0 radical (unpaired) electrons. The Morgan fingerprint density at radius 3 is 2.71 bits per heavy atom. The first-order valence-electron chi connectivity index (χ1n) is 9.17. The van der Waals surface area contributed by atoms with Crippen molar-refractivity contribution in [1.82, 2.24) is 14.3 Å². The van der Waals surface area contributed by atoms with Crippen LogP contribution in [0.4, 0.5) is 0 Å². The number of aromatic nitrogens is 3. The number of carbonyl (C=O) groups is 1.